The summed E-state index contributed by atoms with van der Waals surface area (Å²) >= 11 is 4.08. The summed E-state index contributed by atoms with van der Waals surface area (Å²) in [6, 6.07) is 3.41. The Morgan fingerprint density at radius 3 is 1.93 bits per heavy atom. The number of hydrogen-bond acceptors (Lipinski definition) is 3. The van der Waals surface area contributed by atoms with Crippen LogP contribution in [0.3, 0.4) is 0 Å². The van der Waals surface area contributed by atoms with Gasteiger partial charge in [0.1, 0.15) is 11.4 Å². The lowest BCUT2D eigenvalue weighted by Gasteiger charge is -2.15. The molecule has 152 valence electrons. The number of rotatable bonds is 3. The molecule has 4 nitrogen and oxygen atoms in total. The molecule has 2 aromatic rings. The average molecular weight is 634 g/mol. The number of hydrogen-bond donors (Lipinski definition) is 0. The normalized spacial score (nSPS) is 15.3. The molecule has 1 aliphatic heterocycles. The standard InChI is InChI=1S/C18H9F5I2N2O2/c1-6-8(3-7-4-9(24)17(29-2)10(25)5-7)18(28)27(26-6)16-14(22)12(20)11(19)13(21)15(16)23/h3-5H,1-2H3/b8-3+. The van der Waals surface area contributed by atoms with Crippen molar-refractivity contribution in [3.63, 3.8) is 0 Å². The first-order valence-electron chi connectivity index (χ1n) is 7.74. The molecular weight excluding hydrogens is 625 g/mol. The second-order valence-corrected chi connectivity index (χ2v) is 8.12. The number of nitrogens with zero attached hydrogens (tertiary/aromatic N) is 2. The van der Waals surface area contributed by atoms with E-state index in [1.54, 1.807) is 12.1 Å². The fourth-order valence-electron chi connectivity index (χ4n) is 2.64. The van der Waals surface area contributed by atoms with Crippen molar-refractivity contribution in [1.29, 1.82) is 0 Å². The molecule has 0 aliphatic carbocycles. The molecule has 0 N–H and O–H groups in total. The second-order valence-electron chi connectivity index (χ2n) is 5.80. The molecule has 11 heteroatoms. The third kappa shape index (κ3) is 3.73. The van der Waals surface area contributed by atoms with Crippen LogP contribution in [0.5, 0.6) is 5.75 Å². The van der Waals surface area contributed by atoms with Gasteiger partial charge >= 0.3 is 0 Å². The molecule has 0 atom stereocenters. The fraction of sp³-hybridized carbons (Fsp3) is 0.111. The van der Waals surface area contributed by atoms with E-state index in [0.717, 1.165) is 7.14 Å². The molecule has 0 radical (unpaired) electrons. The number of benzene rings is 2. The zero-order valence-electron chi connectivity index (χ0n) is 14.6. The van der Waals surface area contributed by atoms with E-state index in [-0.39, 0.29) is 16.3 Å². The minimum atomic E-state index is -2.31. The molecule has 0 saturated heterocycles. The average Bonchev–Trinajstić information content (AvgIpc) is 2.93. The summed E-state index contributed by atoms with van der Waals surface area (Å²) in [4.78, 5) is 12.7. The number of halogens is 7. The van der Waals surface area contributed by atoms with Gasteiger partial charge in [0.05, 0.1) is 25.5 Å². The molecule has 0 saturated carbocycles. The van der Waals surface area contributed by atoms with Crippen LogP contribution in [0.1, 0.15) is 12.5 Å². The lowest BCUT2D eigenvalue weighted by Crippen LogP contribution is -2.25. The van der Waals surface area contributed by atoms with Crippen LogP contribution in [0.2, 0.25) is 0 Å². The van der Waals surface area contributed by atoms with Gasteiger partial charge in [0.2, 0.25) is 5.82 Å². The van der Waals surface area contributed by atoms with Crippen LogP contribution in [0.25, 0.3) is 6.08 Å². The largest absolute Gasteiger partial charge is 0.495 e. The van der Waals surface area contributed by atoms with Crippen molar-refractivity contribution < 1.29 is 31.5 Å². The first kappa shape index (κ1) is 21.9. The Balaban J connectivity index is 2.09. The Kier molecular flexibility index (Phi) is 6.17. The summed E-state index contributed by atoms with van der Waals surface area (Å²) in [6.07, 6.45) is 1.41. The molecule has 0 fully saturated rings. The number of anilines is 1. The van der Waals surface area contributed by atoms with Gasteiger partial charge in [-0.05, 0) is 75.9 Å². The van der Waals surface area contributed by atoms with Gasteiger partial charge in [0.25, 0.3) is 5.91 Å². The van der Waals surface area contributed by atoms with E-state index in [1.807, 2.05) is 45.2 Å². The highest BCUT2D eigenvalue weighted by Crippen LogP contribution is 2.35. The number of ether oxygens (including phenoxy) is 1. The number of carbonyl (C=O) groups is 1. The third-order valence-corrected chi connectivity index (χ3v) is 5.60. The van der Waals surface area contributed by atoms with E-state index in [1.165, 1.54) is 20.1 Å². The van der Waals surface area contributed by atoms with Gasteiger partial charge in [0, 0.05) is 0 Å². The van der Waals surface area contributed by atoms with E-state index in [9.17, 15) is 26.7 Å². The minimum Gasteiger partial charge on any atom is -0.495 e. The van der Waals surface area contributed by atoms with Gasteiger partial charge in [0.15, 0.2) is 23.3 Å². The predicted octanol–water partition coefficient (Wildman–Crippen LogP) is 5.41. The van der Waals surface area contributed by atoms with E-state index in [0.29, 0.717) is 11.3 Å². The van der Waals surface area contributed by atoms with E-state index < -0.39 is 40.7 Å². The van der Waals surface area contributed by atoms with Crippen LogP contribution in [-0.2, 0) is 4.79 Å². The topological polar surface area (TPSA) is 41.9 Å². The van der Waals surface area contributed by atoms with Crippen molar-refractivity contribution in [2.75, 3.05) is 12.1 Å². The van der Waals surface area contributed by atoms with Crippen LogP contribution >= 0.6 is 45.2 Å². The molecule has 1 amide bonds. The van der Waals surface area contributed by atoms with Gasteiger partial charge in [-0.25, -0.2) is 22.0 Å². The molecule has 0 aromatic heterocycles. The van der Waals surface area contributed by atoms with Crippen molar-refractivity contribution in [2.45, 2.75) is 6.92 Å². The highest BCUT2D eigenvalue weighted by Gasteiger charge is 2.37. The number of carbonyl (C=O) groups excluding carboxylic acids is 1. The molecular formula is C18H9F5I2N2O2. The van der Waals surface area contributed by atoms with Gasteiger partial charge in [-0.1, -0.05) is 0 Å². The van der Waals surface area contributed by atoms with Gasteiger partial charge in [-0.3, -0.25) is 4.79 Å². The molecule has 0 bridgehead atoms. The maximum absolute atomic E-state index is 14.1. The summed E-state index contributed by atoms with van der Waals surface area (Å²) in [7, 11) is 1.51. The lowest BCUT2D eigenvalue weighted by atomic mass is 10.1. The highest BCUT2D eigenvalue weighted by molar-refractivity contribution is 14.1. The third-order valence-electron chi connectivity index (χ3n) is 4.00. The number of methoxy groups -OCH3 is 1. The van der Waals surface area contributed by atoms with Crippen LogP contribution in [0.4, 0.5) is 27.6 Å². The molecule has 0 unspecified atom stereocenters. The molecule has 2 aromatic carbocycles. The Labute approximate surface area is 188 Å². The summed E-state index contributed by atoms with van der Waals surface area (Å²) in [6.45, 7) is 1.38. The van der Waals surface area contributed by atoms with Crippen LogP contribution < -0.4 is 9.75 Å². The highest BCUT2D eigenvalue weighted by atomic mass is 127. The molecule has 1 heterocycles. The first-order valence-corrected chi connectivity index (χ1v) is 9.90. The summed E-state index contributed by atoms with van der Waals surface area (Å²) in [5, 5.41) is 3.87. The monoisotopic (exact) mass is 634 g/mol. The second kappa shape index (κ2) is 8.16. The molecule has 0 spiro atoms. The maximum Gasteiger partial charge on any atom is 0.280 e. The predicted molar refractivity (Wildman–Crippen MR) is 113 cm³/mol. The SMILES string of the molecule is COc1c(I)cc(/C=C2/C(=O)N(c3c(F)c(F)c(F)c(F)c3F)N=C2C)cc1I. The Hall–Kier alpha value is -1.77. The Bertz CT molecular complexity index is 1070. The summed E-state index contributed by atoms with van der Waals surface area (Å²) < 4.78 is 75.2. The summed E-state index contributed by atoms with van der Waals surface area (Å²) in [5.41, 5.74) is -0.852. The van der Waals surface area contributed by atoms with Gasteiger partial charge in [-0.2, -0.15) is 10.1 Å². The Morgan fingerprint density at radius 1 is 0.966 bits per heavy atom. The quantitative estimate of drug-likeness (QED) is 0.149. The van der Waals surface area contributed by atoms with Crippen molar-refractivity contribution in [3.05, 3.63) is 59.5 Å². The van der Waals surface area contributed by atoms with Crippen LogP contribution in [-0.4, -0.2) is 18.7 Å². The van der Waals surface area contributed by atoms with Crippen molar-refractivity contribution >= 4 is 68.6 Å². The Morgan fingerprint density at radius 2 is 1.45 bits per heavy atom. The zero-order valence-corrected chi connectivity index (χ0v) is 18.9. The smallest absolute Gasteiger partial charge is 0.280 e. The van der Waals surface area contributed by atoms with Crippen molar-refractivity contribution in [3.8, 4) is 5.75 Å². The van der Waals surface area contributed by atoms with Crippen molar-refractivity contribution in [2.24, 2.45) is 5.10 Å². The van der Waals surface area contributed by atoms with Gasteiger partial charge in [-0.15, -0.1) is 0 Å². The minimum absolute atomic E-state index is 0.0503. The molecule has 3 rings (SSSR count). The molecule has 1 aliphatic rings. The van der Waals surface area contributed by atoms with E-state index in [2.05, 4.69) is 5.10 Å². The fourth-order valence-corrected chi connectivity index (χ4v) is 4.90. The number of hydrazone groups is 1. The zero-order chi connectivity index (χ0) is 21.6. The first-order chi connectivity index (χ1) is 13.6. The molecule has 29 heavy (non-hydrogen) atoms. The van der Waals surface area contributed by atoms with E-state index >= 15 is 0 Å². The van der Waals surface area contributed by atoms with Crippen LogP contribution in [0, 0.1) is 36.2 Å². The van der Waals surface area contributed by atoms with Gasteiger partial charge < -0.3 is 4.74 Å². The lowest BCUT2D eigenvalue weighted by molar-refractivity contribution is -0.114. The number of amides is 1. The summed E-state index contributed by atoms with van der Waals surface area (Å²) in [5.74, 6) is -11.3. The van der Waals surface area contributed by atoms with Crippen molar-refractivity contribution in [1.82, 2.24) is 0 Å². The van der Waals surface area contributed by atoms with E-state index in [4.69, 9.17) is 4.74 Å². The maximum atomic E-state index is 14.1. The van der Waals surface area contributed by atoms with Crippen LogP contribution in [0.15, 0.2) is 22.8 Å².